The lowest BCUT2D eigenvalue weighted by atomic mass is 9.86. The van der Waals surface area contributed by atoms with E-state index in [0.717, 1.165) is 4.90 Å². The van der Waals surface area contributed by atoms with E-state index in [0.29, 0.717) is 0 Å². The Hall–Kier alpha value is -2.36. The lowest BCUT2D eigenvalue weighted by Crippen LogP contribution is -2.63. The fraction of sp³-hybridized carbons (Fsp3) is 0.778. The number of carbonyl (C=O) groups excluding carboxylic acids is 3. The van der Waals surface area contributed by atoms with Gasteiger partial charge >= 0.3 is 18.2 Å². The maximum Gasteiger partial charge on any atom is 0.411 e. The van der Waals surface area contributed by atoms with Crippen molar-refractivity contribution >= 4 is 23.9 Å². The molecular weight excluding hydrogens is 370 g/mol. The van der Waals surface area contributed by atoms with E-state index < -0.39 is 52.8 Å². The molecule has 1 saturated heterocycles. The largest absolute Gasteiger partial charge is 0.479 e. The molecule has 10 heteroatoms. The summed E-state index contributed by atoms with van der Waals surface area (Å²) in [5.41, 5.74) is 1.96. The van der Waals surface area contributed by atoms with Crippen molar-refractivity contribution in [2.24, 2.45) is 5.73 Å². The topological polar surface area (TPSA) is 148 Å². The second kappa shape index (κ2) is 7.94. The summed E-state index contributed by atoms with van der Waals surface area (Å²) in [6.45, 7) is 11.0. The van der Waals surface area contributed by atoms with Crippen LogP contribution in [0.2, 0.25) is 0 Å². The predicted molar refractivity (Wildman–Crippen MR) is 99.7 cm³/mol. The van der Waals surface area contributed by atoms with Crippen LogP contribution in [0.1, 0.15) is 54.9 Å². The Morgan fingerprint density at radius 2 is 1.61 bits per heavy atom. The fourth-order valence-electron chi connectivity index (χ4n) is 2.94. The van der Waals surface area contributed by atoms with Gasteiger partial charge < -0.3 is 25.6 Å². The van der Waals surface area contributed by atoms with E-state index in [1.165, 1.54) is 6.92 Å². The van der Waals surface area contributed by atoms with E-state index in [1.807, 2.05) is 0 Å². The number of ketones is 1. The number of aliphatic carboxylic acids is 1. The zero-order valence-corrected chi connectivity index (χ0v) is 17.5. The van der Waals surface area contributed by atoms with Gasteiger partial charge in [-0.15, -0.1) is 0 Å². The Bertz CT molecular complexity index is 651. The molecule has 1 unspecified atom stereocenters. The molecule has 0 bridgehead atoms. The van der Waals surface area contributed by atoms with Crippen LogP contribution in [0.25, 0.3) is 0 Å². The highest BCUT2D eigenvalue weighted by atomic mass is 16.6. The molecule has 4 N–H and O–H groups in total. The van der Waals surface area contributed by atoms with Crippen molar-refractivity contribution in [2.75, 3.05) is 6.54 Å². The molecular formula is C18H31N3O7. The van der Waals surface area contributed by atoms with E-state index in [9.17, 15) is 24.3 Å². The van der Waals surface area contributed by atoms with Gasteiger partial charge in [-0.25, -0.2) is 14.4 Å². The number of likely N-dealkylation sites (tertiary alicyclic amines) is 1. The summed E-state index contributed by atoms with van der Waals surface area (Å²) < 4.78 is 10.4. The highest BCUT2D eigenvalue weighted by Crippen LogP contribution is 2.33. The number of nitrogens with one attached hydrogen (secondary N) is 1. The van der Waals surface area contributed by atoms with Gasteiger partial charge in [-0.1, -0.05) is 0 Å². The van der Waals surface area contributed by atoms with Gasteiger partial charge in [-0.2, -0.15) is 0 Å². The minimum absolute atomic E-state index is 0.161. The Balaban J connectivity index is 3.16. The number of alkyl carbamates (subject to hydrolysis) is 1. The van der Waals surface area contributed by atoms with Gasteiger partial charge in [0.05, 0.1) is 6.04 Å². The molecule has 0 radical (unpaired) electrons. The molecule has 0 aromatic rings. The monoisotopic (exact) mass is 401 g/mol. The zero-order chi connectivity index (χ0) is 22.1. The van der Waals surface area contributed by atoms with Crippen LogP contribution >= 0.6 is 0 Å². The molecule has 3 atom stereocenters. The molecule has 160 valence electrons. The van der Waals surface area contributed by atoms with E-state index in [4.69, 9.17) is 15.2 Å². The van der Waals surface area contributed by atoms with Crippen LogP contribution in [0, 0.1) is 0 Å². The zero-order valence-electron chi connectivity index (χ0n) is 17.5. The molecule has 1 aliphatic heterocycles. The van der Waals surface area contributed by atoms with Crippen LogP contribution in [0.3, 0.4) is 0 Å². The van der Waals surface area contributed by atoms with E-state index in [1.54, 1.807) is 41.5 Å². The normalized spacial score (nSPS) is 23.7. The third-order valence-electron chi connectivity index (χ3n) is 3.94. The standard InChI is InChI=1S/C18H31N3O7/c1-10(20-14(25)27-16(2,3)4)12(22)18(13(23)24)8-11(19)9-21(18)15(26)28-17(5,6)7/h10-11H,8-9,19H2,1-7H3,(H,20,25)(H,23,24)/t10-,11?,18+/m1/s1. The number of carboxylic acid groups (broad SMARTS) is 1. The Morgan fingerprint density at radius 3 is 2.04 bits per heavy atom. The highest BCUT2D eigenvalue weighted by Gasteiger charge is 2.60. The number of hydrogen-bond donors (Lipinski definition) is 3. The average Bonchev–Trinajstić information content (AvgIpc) is 2.81. The summed E-state index contributed by atoms with van der Waals surface area (Å²) >= 11 is 0. The number of Topliss-reactive ketones (excluding diaryl/α,β-unsaturated/α-hetero) is 1. The van der Waals surface area contributed by atoms with Crippen molar-refractivity contribution in [1.29, 1.82) is 0 Å². The van der Waals surface area contributed by atoms with Crippen LogP contribution in [-0.4, -0.2) is 69.3 Å². The third kappa shape index (κ3) is 5.57. The molecule has 28 heavy (non-hydrogen) atoms. The number of carbonyl (C=O) groups is 4. The number of ether oxygens (including phenoxy) is 2. The molecule has 10 nitrogen and oxygen atoms in total. The van der Waals surface area contributed by atoms with Crippen molar-refractivity contribution in [3.63, 3.8) is 0 Å². The van der Waals surface area contributed by atoms with Crippen LogP contribution in [0.15, 0.2) is 0 Å². The number of amides is 2. The van der Waals surface area contributed by atoms with Crippen LogP contribution < -0.4 is 11.1 Å². The molecule has 0 aliphatic carbocycles. The Morgan fingerprint density at radius 1 is 1.11 bits per heavy atom. The molecule has 2 amide bonds. The maximum absolute atomic E-state index is 13.1. The van der Waals surface area contributed by atoms with E-state index in [-0.39, 0.29) is 13.0 Å². The summed E-state index contributed by atoms with van der Waals surface area (Å²) in [7, 11) is 0. The van der Waals surface area contributed by atoms with Crippen molar-refractivity contribution in [2.45, 2.75) is 83.7 Å². The number of hydrogen-bond acceptors (Lipinski definition) is 7. The number of nitrogens with two attached hydrogens (primary N) is 1. The smallest absolute Gasteiger partial charge is 0.411 e. The molecule has 0 saturated carbocycles. The summed E-state index contributed by atoms with van der Waals surface area (Å²) in [4.78, 5) is 50.6. The lowest BCUT2D eigenvalue weighted by Gasteiger charge is -2.36. The van der Waals surface area contributed by atoms with Crippen molar-refractivity contribution in [3.05, 3.63) is 0 Å². The number of nitrogens with zero attached hydrogens (tertiary/aromatic N) is 1. The van der Waals surface area contributed by atoms with Gasteiger partial charge in [-0.3, -0.25) is 9.69 Å². The first-order valence-electron chi connectivity index (χ1n) is 9.03. The van der Waals surface area contributed by atoms with Gasteiger partial charge in [0.25, 0.3) is 0 Å². The Labute approximate surface area is 164 Å². The number of rotatable bonds is 4. The van der Waals surface area contributed by atoms with Gasteiger partial charge in [0.15, 0.2) is 5.78 Å². The second-order valence-electron chi connectivity index (χ2n) is 8.95. The van der Waals surface area contributed by atoms with E-state index in [2.05, 4.69) is 5.32 Å². The minimum Gasteiger partial charge on any atom is -0.479 e. The first-order chi connectivity index (χ1) is 12.5. The van der Waals surface area contributed by atoms with Gasteiger partial charge in [0.1, 0.15) is 11.2 Å². The SMILES string of the molecule is C[C@@H](NC(=O)OC(C)(C)C)C(=O)[C@]1(C(=O)O)CC(N)CN1C(=O)OC(C)(C)C. The van der Waals surface area contributed by atoms with Crippen LogP contribution in [0.5, 0.6) is 0 Å². The first-order valence-corrected chi connectivity index (χ1v) is 9.03. The Kier molecular flexibility index (Phi) is 6.72. The summed E-state index contributed by atoms with van der Waals surface area (Å²) in [5, 5.41) is 12.2. The van der Waals surface area contributed by atoms with Crippen LogP contribution in [-0.2, 0) is 19.1 Å². The van der Waals surface area contributed by atoms with Crippen molar-refractivity contribution in [1.82, 2.24) is 10.2 Å². The quantitative estimate of drug-likeness (QED) is 0.596. The molecule has 0 aromatic carbocycles. The third-order valence-corrected chi connectivity index (χ3v) is 3.94. The average molecular weight is 401 g/mol. The van der Waals surface area contributed by atoms with Gasteiger partial charge in [0.2, 0.25) is 5.54 Å². The van der Waals surface area contributed by atoms with E-state index >= 15 is 0 Å². The summed E-state index contributed by atoms with van der Waals surface area (Å²) in [6.07, 6.45) is -2.12. The van der Waals surface area contributed by atoms with Gasteiger partial charge in [0, 0.05) is 19.0 Å². The second-order valence-corrected chi connectivity index (χ2v) is 8.95. The molecule has 0 aromatic heterocycles. The fourth-order valence-corrected chi connectivity index (χ4v) is 2.94. The first kappa shape index (κ1) is 23.7. The summed E-state index contributed by atoms with van der Waals surface area (Å²) in [6, 6.07) is -1.97. The number of carboxylic acids is 1. The highest BCUT2D eigenvalue weighted by molar-refractivity contribution is 6.13. The molecule has 1 rings (SSSR count). The van der Waals surface area contributed by atoms with Gasteiger partial charge in [-0.05, 0) is 48.5 Å². The molecule has 1 aliphatic rings. The lowest BCUT2D eigenvalue weighted by molar-refractivity contribution is -0.156. The van der Waals surface area contributed by atoms with Crippen molar-refractivity contribution < 1.29 is 33.8 Å². The maximum atomic E-state index is 13.1. The molecule has 1 fully saturated rings. The molecule has 0 spiro atoms. The minimum atomic E-state index is -2.24. The molecule has 1 heterocycles. The summed E-state index contributed by atoms with van der Waals surface area (Å²) in [5.74, 6) is -2.42. The van der Waals surface area contributed by atoms with Crippen LogP contribution in [0.4, 0.5) is 9.59 Å². The predicted octanol–water partition coefficient (Wildman–Crippen LogP) is 1.26. The van der Waals surface area contributed by atoms with Crippen molar-refractivity contribution in [3.8, 4) is 0 Å².